The van der Waals surface area contributed by atoms with Crippen LogP contribution >= 0.6 is 0 Å². The summed E-state index contributed by atoms with van der Waals surface area (Å²) in [6, 6.07) is 37.2. The normalized spacial score (nSPS) is 12.0. The summed E-state index contributed by atoms with van der Waals surface area (Å²) in [7, 11) is 2.20. The molecule has 2 heterocycles. The standard InChI is InChI=1S/C29H20N2/c1-30-25-17-15-19-9-5-6-12-21(19)27(25)23-16-18-26-28(29(23)30)22-13-7-8-14-24(22)31(26)20-10-3-2-4-11-20/h2-18H,1H3. The van der Waals surface area contributed by atoms with Crippen molar-refractivity contribution < 1.29 is 0 Å². The molecule has 5 aromatic carbocycles. The molecule has 146 valence electrons. The summed E-state index contributed by atoms with van der Waals surface area (Å²) in [6.45, 7) is 0. The molecule has 0 fully saturated rings. The van der Waals surface area contributed by atoms with E-state index in [1.165, 1.54) is 60.1 Å². The maximum atomic E-state index is 2.39. The van der Waals surface area contributed by atoms with Crippen LogP contribution in [0.5, 0.6) is 0 Å². The lowest BCUT2D eigenvalue weighted by Gasteiger charge is -2.07. The number of fused-ring (bicyclic) bond motifs is 9. The molecule has 0 bridgehead atoms. The Hall–Kier alpha value is -4.04. The van der Waals surface area contributed by atoms with Gasteiger partial charge in [-0.25, -0.2) is 0 Å². The molecular formula is C29H20N2. The number of benzene rings is 5. The first-order valence-electron chi connectivity index (χ1n) is 10.7. The number of rotatable bonds is 1. The minimum Gasteiger partial charge on any atom is -0.343 e. The third-order valence-corrected chi connectivity index (χ3v) is 6.70. The molecule has 0 unspecified atom stereocenters. The number of nitrogens with zero attached hydrogens (tertiary/aromatic N) is 2. The highest BCUT2D eigenvalue weighted by Gasteiger charge is 2.19. The van der Waals surface area contributed by atoms with Gasteiger partial charge in [-0.2, -0.15) is 0 Å². The van der Waals surface area contributed by atoms with Crippen molar-refractivity contribution in [3.05, 3.63) is 103 Å². The van der Waals surface area contributed by atoms with E-state index >= 15 is 0 Å². The van der Waals surface area contributed by atoms with Crippen LogP contribution in [0.1, 0.15) is 0 Å². The molecule has 2 heteroatoms. The van der Waals surface area contributed by atoms with E-state index in [9.17, 15) is 0 Å². The lowest BCUT2D eigenvalue weighted by Crippen LogP contribution is -1.93. The van der Waals surface area contributed by atoms with Crippen LogP contribution in [0.15, 0.2) is 103 Å². The molecule has 7 aromatic rings. The molecule has 0 spiro atoms. The number of aryl methyl sites for hydroxylation is 1. The van der Waals surface area contributed by atoms with Gasteiger partial charge in [-0.05, 0) is 41.1 Å². The molecule has 0 atom stereocenters. The quantitative estimate of drug-likeness (QED) is 0.271. The van der Waals surface area contributed by atoms with Crippen molar-refractivity contribution in [3.8, 4) is 5.69 Å². The average Bonchev–Trinajstić information content (AvgIpc) is 3.32. The Morgan fingerprint density at radius 1 is 0.484 bits per heavy atom. The lowest BCUT2D eigenvalue weighted by atomic mass is 10.0. The number of aromatic nitrogens is 2. The fourth-order valence-corrected chi connectivity index (χ4v) is 5.39. The van der Waals surface area contributed by atoms with Gasteiger partial charge in [0.05, 0.1) is 16.6 Å². The van der Waals surface area contributed by atoms with Gasteiger partial charge in [0, 0.05) is 39.8 Å². The summed E-state index contributed by atoms with van der Waals surface area (Å²) < 4.78 is 4.76. The minimum absolute atomic E-state index is 1.19. The van der Waals surface area contributed by atoms with E-state index in [-0.39, 0.29) is 0 Å². The molecular weight excluding hydrogens is 376 g/mol. The third-order valence-electron chi connectivity index (χ3n) is 6.70. The summed E-state index contributed by atoms with van der Waals surface area (Å²) in [6.07, 6.45) is 0. The highest BCUT2D eigenvalue weighted by atomic mass is 15.0. The molecule has 0 N–H and O–H groups in total. The molecule has 2 nitrogen and oxygen atoms in total. The van der Waals surface area contributed by atoms with Crippen LogP contribution in [0.4, 0.5) is 0 Å². The Bertz CT molecular complexity index is 1780. The van der Waals surface area contributed by atoms with Crippen molar-refractivity contribution in [1.29, 1.82) is 0 Å². The van der Waals surface area contributed by atoms with Gasteiger partial charge in [-0.15, -0.1) is 0 Å². The SMILES string of the molecule is Cn1c2ccc3ccccc3c2c2ccc3c(c4ccccc4n3-c3ccccc3)c21. The van der Waals surface area contributed by atoms with Crippen LogP contribution in [0, 0.1) is 0 Å². The van der Waals surface area contributed by atoms with E-state index in [2.05, 4.69) is 119 Å². The second kappa shape index (κ2) is 5.99. The minimum atomic E-state index is 1.19. The average molecular weight is 396 g/mol. The molecule has 0 amide bonds. The Labute approximate surface area is 179 Å². The fourth-order valence-electron chi connectivity index (χ4n) is 5.39. The first kappa shape index (κ1) is 16.7. The Morgan fingerprint density at radius 3 is 2.06 bits per heavy atom. The summed E-state index contributed by atoms with van der Waals surface area (Å²) >= 11 is 0. The first-order valence-corrected chi connectivity index (χ1v) is 10.7. The van der Waals surface area contributed by atoms with Gasteiger partial charge in [0.25, 0.3) is 0 Å². The van der Waals surface area contributed by atoms with E-state index in [0.717, 1.165) is 0 Å². The van der Waals surface area contributed by atoms with E-state index in [1.807, 2.05) is 0 Å². The maximum absolute atomic E-state index is 2.39. The van der Waals surface area contributed by atoms with Crippen LogP contribution in [0.2, 0.25) is 0 Å². The van der Waals surface area contributed by atoms with Crippen LogP contribution in [0.3, 0.4) is 0 Å². The fraction of sp³-hybridized carbons (Fsp3) is 0.0345. The van der Waals surface area contributed by atoms with E-state index in [0.29, 0.717) is 0 Å². The molecule has 0 saturated carbocycles. The number of hydrogen-bond acceptors (Lipinski definition) is 0. The molecule has 0 radical (unpaired) electrons. The van der Waals surface area contributed by atoms with E-state index in [4.69, 9.17) is 0 Å². The van der Waals surface area contributed by atoms with Crippen molar-refractivity contribution in [2.75, 3.05) is 0 Å². The largest absolute Gasteiger partial charge is 0.343 e. The van der Waals surface area contributed by atoms with Crippen molar-refractivity contribution in [2.24, 2.45) is 7.05 Å². The van der Waals surface area contributed by atoms with Crippen LogP contribution < -0.4 is 0 Å². The zero-order valence-electron chi connectivity index (χ0n) is 17.2. The van der Waals surface area contributed by atoms with Gasteiger partial charge in [-0.1, -0.05) is 72.8 Å². The molecule has 31 heavy (non-hydrogen) atoms. The summed E-state index contributed by atoms with van der Waals surface area (Å²) in [5.41, 5.74) is 6.26. The zero-order valence-corrected chi connectivity index (χ0v) is 17.2. The molecule has 0 aliphatic carbocycles. The summed E-state index contributed by atoms with van der Waals surface area (Å²) in [4.78, 5) is 0. The van der Waals surface area contributed by atoms with Crippen LogP contribution in [-0.4, -0.2) is 9.13 Å². The second-order valence-corrected chi connectivity index (χ2v) is 8.28. The highest BCUT2D eigenvalue weighted by Crippen LogP contribution is 2.41. The predicted molar refractivity (Wildman–Crippen MR) is 132 cm³/mol. The van der Waals surface area contributed by atoms with E-state index < -0.39 is 0 Å². The Kier molecular flexibility index (Phi) is 3.23. The van der Waals surface area contributed by atoms with Crippen molar-refractivity contribution in [3.63, 3.8) is 0 Å². The van der Waals surface area contributed by atoms with Gasteiger partial charge >= 0.3 is 0 Å². The molecule has 0 saturated heterocycles. The third kappa shape index (κ3) is 2.11. The smallest absolute Gasteiger partial charge is 0.0590 e. The Balaban J connectivity index is 1.77. The number of para-hydroxylation sites is 2. The van der Waals surface area contributed by atoms with Crippen LogP contribution in [0.25, 0.3) is 60.1 Å². The van der Waals surface area contributed by atoms with Gasteiger partial charge < -0.3 is 9.13 Å². The van der Waals surface area contributed by atoms with Crippen molar-refractivity contribution >= 4 is 54.4 Å². The highest BCUT2D eigenvalue weighted by molar-refractivity contribution is 6.29. The Morgan fingerprint density at radius 2 is 1.19 bits per heavy atom. The molecule has 2 aromatic heterocycles. The summed E-state index contributed by atoms with van der Waals surface area (Å²) in [5.74, 6) is 0. The summed E-state index contributed by atoms with van der Waals surface area (Å²) in [5, 5.41) is 7.87. The second-order valence-electron chi connectivity index (χ2n) is 8.28. The lowest BCUT2D eigenvalue weighted by molar-refractivity contribution is 1.02. The van der Waals surface area contributed by atoms with Gasteiger partial charge in [0.2, 0.25) is 0 Å². The molecule has 0 aliphatic rings. The maximum Gasteiger partial charge on any atom is 0.0590 e. The van der Waals surface area contributed by atoms with E-state index in [1.54, 1.807) is 0 Å². The van der Waals surface area contributed by atoms with Gasteiger partial charge in [0.15, 0.2) is 0 Å². The zero-order chi connectivity index (χ0) is 20.5. The molecule has 7 rings (SSSR count). The predicted octanol–water partition coefficient (Wildman–Crippen LogP) is 7.58. The van der Waals surface area contributed by atoms with Crippen LogP contribution in [-0.2, 0) is 7.05 Å². The molecule has 0 aliphatic heterocycles. The number of hydrogen-bond donors (Lipinski definition) is 0. The van der Waals surface area contributed by atoms with Gasteiger partial charge in [-0.3, -0.25) is 0 Å². The topological polar surface area (TPSA) is 9.86 Å². The van der Waals surface area contributed by atoms with Gasteiger partial charge in [0.1, 0.15) is 0 Å². The first-order chi connectivity index (χ1) is 15.3. The van der Waals surface area contributed by atoms with Crippen molar-refractivity contribution in [2.45, 2.75) is 0 Å². The monoisotopic (exact) mass is 396 g/mol. The van der Waals surface area contributed by atoms with Crippen molar-refractivity contribution in [1.82, 2.24) is 9.13 Å².